The molecule has 15 heavy (non-hydrogen) atoms. The molecule has 0 amide bonds. The van der Waals surface area contributed by atoms with Crippen LogP contribution in [0.15, 0.2) is 28.7 Å². The van der Waals surface area contributed by atoms with Gasteiger partial charge < -0.3 is 0 Å². The lowest BCUT2D eigenvalue weighted by atomic mass is 10.2. The molecular weight excluding hydrogens is 288 g/mol. The van der Waals surface area contributed by atoms with E-state index in [-0.39, 0.29) is 0 Å². The molecule has 1 heterocycles. The van der Waals surface area contributed by atoms with Crippen molar-refractivity contribution in [3.63, 3.8) is 0 Å². The fourth-order valence-electron chi connectivity index (χ4n) is 1.59. The average molecular weight is 303 g/mol. The van der Waals surface area contributed by atoms with Crippen molar-refractivity contribution in [2.24, 2.45) is 5.92 Å². The van der Waals surface area contributed by atoms with E-state index in [2.05, 4.69) is 70.6 Å². The minimum atomic E-state index is 0.654. The predicted octanol–water partition coefficient (Wildman–Crippen LogP) is 4.95. The summed E-state index contributed by atoms with van der Waals surface area (Å²) in [6.45, 7) is 2.30. The van der Waals surface area contributed by atoms with E-state index in [4.69, 9.17) is 0 Å². The van der Waals surface area contributed by atoms with E-state index in [0.717, 1.165) is 5.92 Å². The highest BCUT2D eigenvalue weighted by atomic mass is 79.9. The molecule has 3 heteroatoms. The topological polar surface area (TPSA) is 0 Å². The van der Waals surface area contributed by atoms with Gasteiger partial charge in [-0.3, -0.25) is 0 Å². The Morgan fingerprint density at radius 1 is 1.20 bits per heavy atom. The standard InChI is InChI=1S/C12H15BrS2/c1-2-9-7-14-12(15-8-9)10-3-5-11(13)6-4-10/h3-6,9,12H,2,7-8H2,1H3/t9-,12-. The Balaban J connectivity index is 1.98. The van der Waals surface area contributed by atoms with Gasteiger partial charge in [-0.1, -0.05) is 41.4 Å². The molecule has 0 atom stereocenters. The van der Waals surface area contributed by atoms with Crippen LogP contribution in [0, 0.1) is 5.92 Å². The van der Waals surface area contributed by atoms with Crippen molar-refractivity contribution in [3.8, 4) is 0 Å². The number of hydrogen-bond donors (Lipinski definition) is 0. The van der Waals surface area contributed by atoms with E-state index in [9.17, 15) is 0 Å². The van der Waals surface area contributed by atoms with Crippen molar-refractivity contribution in [1.29, 1.82) is 0 Å². The largest absolute Gasteiger partial charge is 0.142 e. The van der Waals surface area contributed by atoms with Crippen LogP contribution in [0.5, 0.6) is 0 Å². The van der Waals surface area contributed by atoms with E-state index >= 15 is 0 Å². The van der Waals surface area contributed by atoms with Gasteiger partial charge in [0.05, 0.1) is 4.58 Å². The molecule has 1 aliphatic heterocycles. The molecule has 0 bridgehead atoms. The number of rotatable bonds is 2. The van der Waals surface area contributed by atoms with E-state index in [1.165, 1.54) is 28.0 Å². The van der Waals surface area contributed by atoms with E-state index < -0.39 is 0 Å². The first-order chi connectivity index (χ1) is 7.29. The molecule has 2 rings (SSSR count). The third-order valence-corrected chi connectivity index (χ3v) is 6.51. The second kappa shape index (κ2) is 5.65. The molecule has 1 fully saturated rings. The van der Waals surface area contributed by atoms with Gasteiger partial charge in [0.25, 0.3) is 0 Å². The van der Waals surface area contributed by atoms with Crippen molar-refractivity contribution < 1.29 is 0 Å². The Labute approximate surface area is 109 Å². The van der Waals surface area contributed by atoms with E-state index in [0.29, 0.717) is 4.58 Å². The number of thioether (sulfide) groups is 2. The molecule has 0 aromatic heterocycles. The summed E-state index contributed by atoms with van der Waals surface area (Å²) in [6, 6.07) is 8.76. The zero-order chi connectivity index (χ0) is 10.7. The zero-order valence-electron chi connectivity index (χ0n) is 8.78. The maximum Gasteiger partial charge on any atom is 0.0751 e. The molecule has 0 N–H and O–H groups in total. The van der Waals surface area contributed by atoms with Crippen molar-refractivity contribution in [3.05, 3.63) is 34.3 Å². The van der Waals surface area contributed by atoms with Gasteiger partial charge in [-0.25, -0.2) is 0 Å². The summed E-state index contributed by atoms with van der Waals surface area (Å²) in [6.07, 6.45) is 1.33. The minimum absolute atomic E-state index is 0.654. The molecule has 0 radical (unpaired) electrons. The van der Waals surface area contributed by atoms with Crippen molar-refractivity contribution >= 4 is 39.5 Å². The molecule has 1 aromatic rings. The smallest absolute Gasteiger partial charge is 0.0751 e. The summed E-state index contributed by atoms with van der Waals surface area (Å²) in [5.74, 6) is 3.57. The Kier molecular flexibility index (Phi) is 4.47. The Hall–Kier alpha value is 0.400. The van der Waals surface area contributed by atoms with Gasteiger partial charge in [-0.05, 0) is 35.1 Å². The lowest BCUT2D eigenvalue weighted by Crippen LogP contribution is -2.12. The van der Waals surface area contributed by atoms with Crippen molar-refractivity contribution in [2.75, 3.05) is 11.5 Å². The SMILES string of the molecule is CC[C@H]1CS[C@H](c2ccc(Br)cc2)SC1. The minimum Gasteiger partial charge on any atom is -0.142 e. The number of benzene rings is 1. The Morgan fingerprint density at radius 3 is 2.33 bits per heavy atom. The summed E-state index contributed by atoms with van der Waals surface area (Å²) in [5, 5.41) is 0. The maximum absolute atomic E-state index is 3.48. The highest BCUT2D eigenvalue weighted by Crippen LogP contribution is 2.46. The van der Waals surface area contributed by atoms with E-state index in [1.807, 2.05) is 0 Å². The van der Waals surface area contributed by atoms with Crippen LogP contribution in [0.1, 0.15) is 23.5 Å². The van der Waals surface area contributed by atoms with Crippen LogP contribution in [-0.4, -0.2) is 11.5 Å². The molecule has 0 nitrogen and oxygen atoms in total. The van der Waals surface area contributed by atoms with Gasteiger partial charge in [0.15, 0.2) is 0 Å². The van der Waals surface area contributed by atoms with Crippen molar-refractivity contribution in [2.45, 2.75) is 17.9 Å². The second-order valence-corrected chi connectivity index (χ2v) is 7.31. The summed E-state index contributed by atoms with van der Waals surface area (Å²) < 4.78 is 1.82. The van der Waals surface area contributed by atoms with Gasteiger partial charge in [-0.2, -0.15) is 0 Å². The first kappa shape index (κ1) is 11.9. The van der Waals surface area contributed by atoms with Crippen LogP contribution in [-0.2, 0) is 0 Å². The van der Waals surface area contributed by atoms with Crippen molar-refractivity contribution in [1.82, 2.24) is 0 Å². The average Bonchev–Trinajstić information content (AvgIpc) is 2.30. The highest BCUT2D eigenvalue weighted by molar-refractivity contribution is 9.10. The van der Waals surface area contributed by atoms with E-state index in [1.54, 1.807) is 0 Å². The van der Waals surface area contributed by atoms with Gasteiger partial charge in [0.2, 0.25) is 0 Å². The third kappa shape index (κ3) is 3.18. The maximum atomic E-state index is 3.48. The molecule has 0 unspecified atom stereocenters. The van der Waals surface area contributed by atoms with Crippen LogP contribution in [0.25, 0.3) is 0 Å². The summed E-state index contributed by atoms with van der Waals surface area (Å²) >= 11 is 7.68. The molecular formula is C12H15BrS2. The van der Waals surface area contributed by atoms with Crippen LogP contribution < -0.4 is 0 Å². The zero-order valence-corrected chi connectivity index (χ0v) is 12.0. The lowest BCUT2D eigenvalue weighted by molar-refractivity contribution is 0.643. The highest BCUT2D eigenvalue weighted by Gasteiger charge is 2.21. The molecule has 1 aromatic carbocycles. The quantitative estimate of drug-likeness (QED) is 0.758. The van der Waals surface area contributed by atoms with Crippen LogP contribution >= 0.6 is 39.5 Å². The van der Waals surface area contributed by atoms with Gasteiger partial charge in [0.1, 0.15) is 0 Å². The summed E-state index contributed by atoms with van der Waals surface area (Å²) in [4.78, 5) is 0. The molecule has 82 valence electrons. The lowest BCUT2D eigenvalue weighted by Gasteiger charge is -2.27. The van der Waals surface area contributed by atoms with Gasteiger partial charge in [0, 0.05) is 4.47 Å². The fourth-order valence-corrected chi connectivity index (χ4v) is 5.16. The molecule has 0 aliphatic carbocycles. The first-order valence-corrected chi connectivity index (χ1v) is 8.17. The van der Waals surface area contributed by atoms with Crippen LogP contribution in [0.4, 0.5) is 0 Å². The number of halogens is 1. The first-order valence-electron chi connectivity index (χ1n) is 5.28. The summed E-state index contributed by atoms with van der Waals surface area (Å²) in [7, 11) is 0. The summed E-state index contributed by atoms with van der Waals surface area (Å²) in [5.41, 5.74) is 1.46. The molecule has 1 saturated heterocycles. The monoisotopic (exact) mass is 302 g/mol. The molecule has 0 spiro atoms. The predicted molar refractivity (Wildman–Crippen MR) is 75.6 cm³/mol. The normalized spacial score (nSPS) is 26.5. The molecule has 1 aliphatic rings. The van der Waals surface area contributed by atoms with Gasteiger partial charge >= 0.3 is 0 Å². The fraction of sp³-hybridized carbons (Fsp3) is 0.500. The van der Waals surface area contributed by atoms with Gasteiger partial charge in [-0.15, -0.1) is 23.5 Å². The van der Waals surface area contributed by atoms with Crippen LogP contribution in [0.3, 0.4) is 0 Å². The third-order valence-electron chi connectivity index (χ3n) is 2.69. The Morgan fingerprint density at radius 2 is 1.80 bits per heavy atom. The molecule has 0 saturated carbocycles. The number of hydrogen-bond acceptors (Lipinski definition) is 2. The second-order valence-electron chi connectivity index (χ2n) is 3.82. The Bertz CT molecular complexity index is 302. The van der Waals surface area contributed by atoms with Crippen LogP contribution in [0.2, 0.25) is 0 Å².